The van der Waals surface area contributed by atoms with E-state index in [0.29, 0.717) is 12.3 Å². The molecule has 27 heavy (non-hydrogen) atoms. The van der Waals surface area contributed by atoms with Crippen molar-refractivity contribution in [3.8, 4) is 0 Å². The molecule has 136 valence electrons. The average Bonchev–Trinajstić information content (AvgIpc) is 3.16. The lowest BCUT2D eigenvalue weighted by Crippen LogP contribution is -2.34. The zero-order chi connectivity index (χ0) is 18.7. The zero-order valence-corrected chi connectivity index (χ0v) is 15.3. The minimum Gasteiger partial charge on any atom is -0.364 e. The molecule has 1 N–H and O–H groups in total. The van der Waals surface area contributed by atoms with E-state index in [9.17, 15) is 4.79 Å². The molecule has 0 fully saturated rings. The van der Waals surface area contributed by atoms with E-state index in [1.54, 1.807) is 7.11 Å². The van der Waals surface area contributed by atoms with Gasteiger partial charge in [-0.15, -0.1) is 0 Å². The number of carbonyl (C=O) groups is 1. The molecule has 1 aliphatic carbocycles. The Kier molecular flexibility index (Phi) is 4.73. The fourth-order valence-electron chi connectivity index (χ4n) is 3.93. The van der Waals surface area contributed by atoms with Crippen LogP contribution in [-0.2, 0) is 14.9 Å². The lowest BCUT2D eigenvalue weighted by Gasteiger charge is -2.35. The minimum atomic E-state index is -0.241. The monoisotopic (exact) mass is 358 g/mol. The van der Waals surface area contributed by atoms with Gasteiger partial charge >= 0.3 is 0 Å². The summed E-state index contributed by atoms with van der Waals surface area (Å²) in [4.78, 5) is 16.9. The van der Waals surface area contributed by atoms with E-state index in [0.717, 1.165) is 12.0 Å². The molecule has 2 aromatic carbocycles. The second kappa shape index (κ2) is 7.33. The van der Waals surface area contributed by atoms with E-state index in [1.165, 1.54) is 16.7 Å². The van der Waals surface area contributed by atoms with Crippen LogP contribution in [0, 0.1) is 0 Å². The number of aliphatic imine (C=N–C) groups is 1. The molecule has 0 saturated heterocycles. The molecule has 4 rings (SSSR count). The number of nitrogens with zero attached hydrogens (tertiary/aromatic N) is 1. The Morgan fingerprint density at radius 2 is 1.70 bits per heavy atom. The van der Waals surface area contributed by atoms with Gasteiger partial charge in [-0.3, -0.25) is 9.79 Å². The van der Waals surface area contributed by atoms with Crippen molar-refractivity contribution in [3.63, 3.8) is 0 Å². The van der Waals surface area contributed by atoms with Crippen LogP contribution < -0.4 is 5.32 Å². The van der Waals surface area contributed by atoms with Crippen LogP contribution in [0.4, 0.5) is 0 Å². The van der Waals surface area contributed by atoms with Crippen molar-refractivity contribution in [2.24, 2.45) is 4.99 Å². The summed E-state index contributed by atoms with van der Waals surface area (Å²) in [6, 6.07) is 21.1. The van der Waals surface area contributed by atoms with Gasteiger partial charge in [-0.2, -0.15) is 0 Å². The number of hydrogen-bond acceptors (Lipinski definition) is 3. The number of benzene rings is 2. The molecular formula is C23H22N2O2. The maximum absolute atomic E-state index is 12.4. The maximum Gasteiger partial charge on any atom is 0.271 e. The first-order valence-electron chi connectivity index (χ1n) is 9.09. The Labute approximate surface area is 159 Å². The molecule has 4 nitrogen and oxygen atoms in total. The van der Waals surface area contributed by atoms with Crippen LogP contribution in [0.2, 0.25) is 0 Å². The lowest BCUT2D eigenvalue weighted by molar-refractivity contribution is -0.116. The smallest absolute Gasteiger partial charge is 0.271 e. The van der Waals surface area contributed by atoms with Crippen LogP contribution in [0.25, 0.3) is 0 Å². The number of amides is 1. The molecule has 0 spiro atoms. The molecule has 1 heterocycles. The van der Waals surface area contributed by atoms with E-state index < -0.39 is 0 Å². The maximum atomic E-state index is 12.4. The first-order valence-corrected chi connectivity index (χ1v) is 9.09. The second-order valence-electron chi connectivity index (χ2n) is 6.83. The van der Waals surface area contributed by atoms with E-state index in [-0.39, 0.29) is 18.1 Å². The molecule has 0 aromatic heterocycles. The van der Waals surface area contributed by atoms with Crippen molar-refractivity contribution in [3.05, 3.63) is 95.1 Å². The molecule has 2 aliphatic rings. The number of hydrogen-bond donors (Lipinski definition) is 1. The average molecular weight is 358 g/mol. The number of methoxy groups -OCH3 is 1. The van der Waals surface area contributed by atoms with Gasteiger partial charge in [0.15, 0.2) is 0 Å². The summed E-state index contributed by atoms with van der Waals surface area (Å²) in [5.41, 5.74) is 4.91. The van der Waals surface area contributed by atoms with Crippen LogP contribution in [0.15, 0.2) is 89.0 Å². The molecule has 0 bridgehead atoms. The zero-order valence-electron chi connectivity index (χ0n) is 15.3. The van der Waals surface area contributed by atoms with Crippen LogP contribution in [0.5, 0.6) is 0 Å². The summed E-state index contributed by atoms with van der Waals surface area (Å²) in [5, 5.41) is 2.73. The molecule has 4 heteroatoms. The summed E-state index contributed by atoms with van der Waals surface area (Å²) in [6.45, 7) is 0.749. The van der Waals surface area contributed by atoms with Crippen molar-refractivity contribution in [2.45, 2.75) is 11.8 Å². The summed E-state index contributed by atoms with van der Waals surface area (Å²) in [6.07, 6.45) is 5.11. The van der Waals surface area contributed by atoms with Gasteiger partial charge in [0.05, 0.1) is 6.54 Å². The van der Waals surface area contributed by atoms with Crippen LogP contribution in [0.1, 0.15) is 17.5 Å². The molecule has 0 saturated carbocycles. The first-order chi connectivity index (χ1) is 13.2. The summed E-state index contributed by atoms with van der Waals surface area (Å²) in [7, 11) is 1.55. The van der Waals surface area contributed by atoms with Gasteiger partial charge in [0.1, 0.15) is 12.4 Å². The Balaban J connectivity index is 1.71. The molecule has 0 atom stereocenters. The normalized spacial score (nSPS) is 17.4. The predicted molar refractivity (Wildman–Crippen MR) is 107 cm³/mol. The third-order valence-corrected chi connectivity index (χ3v) is 5.26. The van der Waals surface area contributed by atoms with Gasteiger partial charge in [0.2, 0.25) is 0 Å². The SMILES string of the molecule is COCNC(=O)C1=NCC2=C1C=CC(c1ccccc1)(c1ccccc1)C2. The molecule has 1 aliphatic heterocycles. The molecule has 2 aromatic rings. The highest BCUT2D eigenvalue weighted by molar-refractivity contribution is 6.46. The predicted octanol–water partition coefficient (Wildman–Crippen LogP) is 3.40. The highest BCUT2D eigenvalue weighted by atomic mass is 16.5. The second-order valence-corrected chi connectivity index (χ2v) is 6.83. The van der Waals surface area contributed by atoms with E-state index in [4.69, 9.17) is 4.74 Å². The third-order valence-electron chi connectivity index (χ3n) is 5.26. The van der Waals surface area contributed by atoms with Crippen LogP contribution in [-0.4, -0.2) is 32.0 Å². The van der Waals surface area contributed by atoms with Crippen LogP contribution >= 0.6 is 0 Å². The largest absolute Gasteiger partial charge is 0.364 e. The van der Waals surface area contributed by atoms with Gasteiger partial charge < -0.3 is 10.1 Å². The molecule has 1 amide bonds. The van der Waals surface area contributed by atoms with Gasteiger partial charge in [-0.1, -0.05) is 72.8 Å². The van der Waals surface area contributed by atoms with Crippen molar-refractivity contribution in [2.75, 3.05) is 20.4 Å². The van der Waals surface area contributed by atoms with Crippen molar-refractivity contribution in [1.82, 2.24) is 5.32 Å². The Bertz CT molecular complexity index is 888. The van der Waals surface area contributed by atoms with Crippen molar-refractivity contribution < 1.29 is 9.53 Å². The quantitative estimate of drug-likeness (QED) is 0.833. The number of rotatable bonds is 5. The Hall–Kier alpha value is -2.98. The molecule has 0 unspecified atom stereocenters. The first kappa shape index (κ1) is 17.4. The minimum absolute atomic E-state index is 0.182. The van der Waals surface area contributed by atoms with Gasteiger partial charge in [0, 0.05) is 18.1 Å². The molecular weight excluding hydrogens is 336 g/mol. The number of allylic oxidation sites excluding steroid dienone is 2. The highest BCUT2D eigenvalue weighted by Crippen LogP contribution is 2.44. The third kappa shape index (κ3) is 3.13. The summed E-state index contributed by atoms with van der Waals surface area (Å²) >= 11 is 0. The standard InChI is InChI=1S/C23H22N2O2/c1-27-16-25-22(26)21-20-12-13-23(14-17(20)15-24-21,18-8-4-2-5-9-18)19-10-6-3-7-11-19/h2-13H,14-16H2,1H3,(H,25,26). The van der Waals surface area contributed by atoms with Crippen LogP contribution in [0.3, 0.4) is 0 Å². The van der Waals surface area contributed by atoms with E-state index >= 15 is 0 Å². The van der Waals surface area contributed by atoms with Crippen molar-refractivity contribution in [1.29, 1.82) is 0 Å². The number of carbonyl (C=O) groups excluding carboxylic acids is 1. The Morgan fingerprint density at radius 3 is 2.30 bits per heavy atom. The lowest BCUT2D eigenvalue weighted by atomic mass is 9.67. The molecule has 0 radical (unpaired) electrons. The van der Waals surface area contributed by atoms with E-state index in [2.05, 4.69) is 71.0 Å². The van der Waals surface area contributed by atoms with Gasteiger partial charge in [0.25, 0.3) is 5.91 Å². The van der Waals surface area contributed by atoms with Gasteiger partial charge in [-0.05, 0) is 23.1 Å². The summed E-state index contributed by atoms with van der Waals surface area (Å²) < 4.78 is 4.94. The fourth-order valence-corrected chi connectivity index (χ4v) is 3.93. The summed E-state index contributed by atoms with van der Waals surface area (Å²) in [5.74, 6) is -0.182. The van der Waals surface area contributed by atoms with Crippen molar-refractivity contribution >= 4 is 11.6 Å². The Morgan fingerprint density at radius 1 is 1.07 bits per heavy atom. The number of nitrogens with one attached hydrogen (secondary N) is 1. The fraction of sp³-hybridized carbons (Fsp3) is 0.217. The van der Waals surface area contributed by atoms with E-state index in [1.807, 2.05) is 12.1 Å². The number of ether oxygens (including phenoxy) is 1. The highest BCUT2D eigenvalue weighted by Gasteiger charge is 2.38. The topological polar surface area (TPSA) is 50.7 Å². The van der Waals surface area contributed by atoms with Gasteiger partial charge in [-0.25, -0.2) is 0 Å².